The predicted octanol–water partition coefficient (Wildman–Crippen LogP) is 2.19. The maximum atomic E-state index is 13.1. The number of carboxylic acid groups (broad SMARTS) is 1. The third-order valence-electron chi connectivity index (χ3n) is 3.56. The normalized spacial score (nSPS) is 13.9. The lowest BCUT2D eigenvalue weighted by molar-refractivity contribution is -0.144. The Balaban J connectivity index is 2.34. The zero-order chi connectivity index (χ0) is 18.6. The Bertz CT molecular complexity index is 747. The molecule has 7 nitrogen and oxygen atoms in total. The summed E-state index contributed by atoms with van der Waals surface area (Å²) in [6, 6.07) is 1.49. The maximum Gasteiger partial charge on any atom is 0.416 e. The lowest BCUT2D eigenvalue weighted by Gasteiger charge is -2.22. The average molecular weight is 356 g/mol. The summed E-state index contributed by atoms with van der Waals surface area (Å²) in [5, 5.41) is 15.3. The van der Waals surface area contributed by atoms with E-state index in [1.165, 1.54) is 23.4 Å². The van der Waals surface area contributed by atoms with Gasteiger partial charge >= 0.3 is 12.1 Å². The van der Waals surface area contributed by atoms with E-state index in [2.05, 4.69) is 15.4 Å². The number of alkyl halides is 3. The van der Waals surface area contributed by atoms with Crippen LogP contribution in [0.3, 0.4) is 0 Å². The van der Waals surface area contributed by atoms with E-state index in [0.717, 1.165) is 18.2 Å². The van der Waals surface area contributed by atoms with Crippen LogP contribution < -0.4 is 5.32 Å². The van der Waals surface area contributed by atoms with Gasteiger partial charge in [-0.25, -0.2) is 14.5 Å². The molecule has 0 fully saturated rings. The molecule has 0 aliphatic carbocycles. The van der Waals surface area contributed by atoms with Crippen molar-refractivity contribution in [2.24, 2.45) is 0 Å². The molecule has 2 rings (SSSR count). The van der Waals surface area contributed by atoms with Crippen LogP contribution in [-0.4, -0.2) is 31.7 Å². The second-order valence-corrected chi connectivity index (χ2v) is 5.16. The molecule has 2 atom stereocenters. The van der Waals surface area contributed by atoms with Crippen molar-refractivity contribution in [3.05, 3.63) is 48.0 Å². The highest BCUT2D eigenvalue weighted by Gasteiger charge is 2.38. The summed E-state index contributed by atoms with van der Waals surface area (Å²) in [5.74, 6) is -2.36. The van der Waals surface area contributed by atoms with Crippen molar-refractivity contribution in [2.45, 2.75) is 31.6 Å². The van der Waals surface area contributed by atoms with Crippen LogP contribution >= 0.6 is 0 Å². The van der Waals surface area contributed by atoms with E-state index < -0.39 is 41.3 Å². The molecule has 134 valence electrons. The molecule has 2 N–H and O–H groups in total. The van der Waals surface area contributed by atoms with Crippen molar-refractivity contribution >= 4 is 11.9 Å². The second-order valence-electron chi connectivity index (χ2n) is 5.16. The Morgan fingerprint density at radius 1 is 1.32 bits per heavy atom. The number of aromatic nitrogens is 3. The Hall–Kier alpha value is -2.91. The van der Waals surface area contributed by atoms with E-state index >= 15 is 0 Å². The first-order valence-corrected chi connectivity index (χ1v) is 7.29. The minimum Gasteiger partial charge on any atom is -0.479 e. The lowest BCUT2D eigenvalue weighted by atomic mass is 9.99. The maximum absolute atomic E-state index is 13.1. The summed E-state index contributed by atoms with van der Waals surface area (Å²) < 4.78 is 40.6. The van der Waals surface area contributed by atoms with Crippen molar-refractivity contribution in [1.82, 2.24) is 20.1 Å². The molecule has 1 amide bonds. The molecule has 1 heterocycles. The van der Waals surface area contributed by atoms with Gasteiger partial charge in [-0.15, -0.1) is 0 Å². The van der Waals surface area contributed by atoms with Crippen molar-refractivity contribution < 1.29 is 27.9 Å². The van der Waals surface area contributed by atoms with Crippen LogP contribution in [0.5, 0.6) is 0 Å². The molecular formula is C15H15F3N4O3. The van der Waals surface area contributed by atoms with Crippen LogP contribution in [0, 0.1) is 0 Å². The van der Waals surface area contributed by atoms with Gasteiger partial charge in [-0.2, -0.15) is 18.3 Å². The third-order valence-corrected chi connectivity index (χ3v) is 3.56. The summed E-state index contributed by atoms with van der Waals surface area (Å²) in [5.41, 5.74) is -1.65. The van der Waals surface area contributed by atoms with Gasteiger partial charge in [0.2, 0.25) is 5.91 Å². The van der Waals surface area contributed by atoms with Gasteiger partial charge in [0, 0.05) is 0 Å². The Kier molecular flexibility index (Phi) is 5.40. The fourth-order valence-corrected chi connectivity index (χ4v) is 2.39. The Morgan fingerprint density at radius 2 is 2.00 bits per heavy atom. The molecule has 0 spiro atoms. The zero-order valence-electron chi connectivity index (χ0n) is 13.1. The topological polar surface area (TPSA) is 97.1 Å². The summed E-state index contributed by atoms with van der Waals surface area (Å²) >= 11 is 0. The number of halogens is 3. The highest BCUT2D eigenvalue weighted by atomic mass is 19.4. The molecular weight excluding hydrogens is 341 g/mol. The number of carbonyl (C=O) groups is 2. The highest BCUT2D eigenvalue weighted by molar-refractivity contribution is 5.87. The number of nitrogens with zero attached hydrogens (tertiary/aromatic N) is 3. The molecule has 1 aromatic carbocycles. The monoisotopic (exact) mass is 356 g/mol. The third kappa shape index (κ3) is 4.14. The number of nitrogens with one attached hydrogen (secondary N) is 1. The number of carbonyl (C=O) groups excluding carboxylic acids is 1. The van der Waals surface area contributed by atoms with E-state index in [4.69, 9.17) is 0 Å². The van der Waals surface area contributed by atoms with Crippen molar-refractivity contribution in [3.8, 4) is 0 Å². The molecule has 0 radical (unpaired) electrons. The van der Waals surface area contributed by atoms with E-state index in [0.29, 0.717) is 0 Å². The SMILES string of the molecule is CCC(C(=O)NC(C(=O)O)c1ccccc1C(F)(F)F)n1cncn1. The molecule has 0 bridgehead atoms. The zero-order valence-corrected chi connectivity index (χ0v) is 13.1. The van der Waals surface area contributed by atoms with Gasteiger partial charge in [0.1, 0.15) is 18.7 Å². The first kappa shape index (κ1) is 18.4. The molecule has 10 heteroatoms. The first-order valence-electron chi connectivity index (χ1n) is 7.29. The summed E-state index contributed by atoms with van der Waals surface area (Å²) in [7, 11) is 0. The Morgan fingerprint density at radius 3 is 2.52 bits per heavy atom. The van der Waals surface area contributed by atoms with E-state index in [1.807, 2.05) is 0 Å². The lowest BCUT2D eigenvalue weighted by Crippen LogP contribution is -2.39. The van der Waals surface area contributed by atoms with Gasteiger partial charge < -0.3 is 10.4 Å². The van der Waals surface area contributed by atoms with Gasteiger partial charge in [0.25, 0.3) is 0 Å². The molecule has 25 heavy (non-hydrogen) atoms. The number of aliphatic carboxylic acids is 1. The van der Waals surface area contributed by atoms with E-state index in [9.17, 15) is 27.9 Å². The van der Waals surface area contributed by atoms with Gasteiger partial charge in [-0.05, 0) is 18.1 Å². The molecule has 2 aromatic rings. The van der Waals surface area contributed by atoms with Gasteiger partial charge in [0.15, 0.2) is 6.04 Å². The molecule has 0 aliphatic heterocycles. The standard InChI is InChI=1S/C15H15F3N4O3/c1-2-11(22-8-19-7-20-22)13(23)21-12(14(24)25)9-5-3-4-6-10(9)15(16,17)18/h3-8,11-12H,2H2,1H3,(H,21,23)(H,24,25). The van der Waals surface area contributed by atoms with E-state index in [1.54, 1.807) is 6.92 Å². The van der Waals surface area contributed by atoms with Crippen LogP contribution in [0.25, 0.3) is 0 Å². The summed E-state index contributed by atoms with van der Waals surface area (Å²) in [4.78, 5) is 27.6. The number of carboxylic acids is 1. The quantitative estimate of drug-likeness (QED) is 0.827. The average Bonchev–Trinajstić information content (AvgIpc) is 3.06. The number of rotatable bonds is 6. The van der Waals surface area contributed by atoms with Gasteiger partial charge in [-0.1, -0.05) is 25.1 Å². The van der Waals surface area contributed by atoms with Crippen LogP contribution in [-0.2, 0) is 15.8 Å². The smallest absolute Gasteiger partial charge is 0.416 e. The van der Waals surface area contributed by atoms with Crippen molar-refractivity contribution in [1.29, 1.82) is 0 Å². The van der Waals surface area contributed by atoms with Crippen LogP contribution in [0.4, 0.5) is 13.2 Å². The molecule has 0 saturated heterocycles. The van der Waals surface area contributed by atoms with Crippen molar-refractivity contribution in [2.75, 3.05) is 0 Å². The highest BCUT2D eigenvalue weighted by Crippen LogP contribution is 2.34. The number of hydrogen-bond acceptors (Lipinski definition) is 4. The minimum absolute atomic E-state index is 0.252. The van der Waals surface area contributed by atoms with Crippen LogP contribution in [0.2, 0.25) is 0 Å². The predicted molar refractivity (Wildman–Crippen MR) is 79.3 cm³/mol. The summed E-state index contributed by atoms with van der Waals surface area (Å²) in [6.07, 6.45) is -2.02. The first-order chi connectivity index (χ1) is 11.8. The molecule has 1 aromatic heterocycles. The number of amides is 1. The minimum atomic E-state index is -4.74. The fourth-order valence-electron chi connectivity index (χ4n) is 2.39. The number of hydrogen-bond donors (Lipinski definition) is 2. The van der Waals surface area contributed by atoms with Crippen molar-refractivity contribution in [3.63, 3.8) is 0 Å². The molecule has 0 saturated carbocycles. The number of benzene rings is 1. The Labute approximate surface area is 140 Å². The molecule has 2 unspecified atom stereocenters. The largest absolute Gasteiger partial charge is 0.479 e. The van der Waals surface area contributed by atoms with Crippen LogP contribution in [0.15, 0.2) is 36.9 Å². The van der Waals surface area contributed by atoms with E-state index in [-0.39, 0.29) is 6.42 Å². The molecule has 0 aliphatic rings. The van der Waals surface area contributed by atoms with Crippen LogP contribution in [0.1, 0.15) is 36.6 Å². The summed E-state index contributed by atoms with van der Waals surface area (Å²) in [6.45, 7) is 1.66. The van der Waals surface area contributed by atoms with Gasteiger partial charge in [-0.3, -0.25) is 4.79 Å². The fraction of sp³-hybridized carbons (Fsp3) is 0.333. The van der Waals surface area contributed by atoms with Gasteiger partial charge in [0.05, 0.1) is 5.56 Å². The second kappa shape index (κ2) is 7.32.